The second kappa shape index (κ2) is 4.30. The molecule has 1 aromatic heterocycles. The van der Waals surface area contributed by atoms with E-state index in [0.717, 1.165) is 19.1 Å². The molecule has 98 valence electrons. The summed E-state index contributed by atoms with van der Waals surface area (Å²) in [5.74, 6) is 0. The minimum atomic E-state index is -0.530. The summed E-state index contributed by atoms with van der Waals surface area (Å²) in [6.07, 6.45) is 2.55. The van der Waals surface area contributed by atoms with Crippen LogP contribution >= 0.6 is 0 Å². The number of hydrogen-bond acceptors (Lipinski definition) is 7. The number of rotatable bonds is 3. The summed E-state index contributed by atoms with van der Waals surface area (Å²) in [6.45, 7) is 0.711. The number of anilines is 1. The molecule has 1 saturated heterocycles. The highest BCUT2D eigenvalue weighted by atomic mass is 16.6. The van der Waals surface area contributed by atoms with Crippen molar-refractivity contribution in [1.29, 1.82) is 0 Å². The van der Waals surface area contributed by atoms with E-state index in [1.54, 1.807) is 6.07 Å². The van der Waals surface area contributed by atoms with Crippen molar-refractivity contribution in [1.82, 2.24) is 10.3 Å². The largest absolute Gasteiger partial charge is 0.360 e. The fourth-order valence-electron chi connectivity index (χ4n) is 2.45. The van der Waals surface area contributed by atoms with Crippen LogP contribution in [0.15, 0.2) is 16.8 Å². The Morgan fingerprint density at radius 2 is 2.21 bits per heavy atom. The number of nitro groups is 1. The molecule has 3 rings (SSSR count). The van der Waals surface area contributed by atoms with Gasteiger partial charge in [0, 0.05) is 12.6 Å². The summed E-state index contributed by atoms with van der Waals surface area (Å²) in [7, 11) is 0. The topological polar surface area (TPSA) is 102 Å². The van der Waals surface area contributed by atoms with Crippen LogP contribution in [0.25, 0.3) is 11.0 Å². The summed E-state index contributed by atoms with van der Waals surface area (Å²) >= 11 is 0. The van der Waals surface area contributed by atoms with Crippen molar-refractivity contribution >= 4 is 28.7 Å². The maximum atomic E-state index is 11.0. The zero-order chi connectivity index (χ0) is 13.4. The zero-order valence-electron chi connectivity index (χ0n) is 9.85. The van der Waals surface area contributed by atoms with Crippen LogP contribution in [0.3, 0.4) is 0 Å². The van der Waals surface area contributed by atoms with Gasteiger partial charge in [-0.1, -0.05) is 0 Å². The Morgan fingerprint density at radius 3 is 2.95 bits per heavy atom. The molecule has 0 radical (unpaired) electrons. The number of hydrogen-bond donors (Lipinski definition) is 0. The number of nitrogens with zero attached hydrogens (tertiary/aromatic N) is 4. The molecule has 2 aromatic rings. The van der Waals surface area contributed by atoms with E-state index in [9.17, 15) is 14.9 Å². The van der Waals surface area contributed by atoms with Gasteiger partial charge in [-0.25, -0.2) is 4.63 Å². The van der Waals surface area contributed by atoms with Gasteiger partial charge in [0.1, 0.15) is 6.29 Å². The SMILES string of the molecule is O=C[C@H]1CCCN1c1ccc([N+](=O)[O-])c2nonc12. The van der Waals surface area contributed by atoms with E-state index in [2.05, 4.69) is 14.9 Å². The Balaban J connectivity index is 2.15. The fraction of sp³-hybridized carbons (Fsp3) is 0.364. The Bertz CT molecular complexity index is 653. The van der Waals surface area contributed by atoms with Crippen molar-refractivity contribution in [2.24, 2.45) is 0 Å². The molecule has 1 atom stereocenters. The highest BCUT2D eigenvalue weighted by Crippen LogP contribution is 2.34. The second-order valence-electron chi connectivity index (χ2n) is 4.36. The number of carbonyl (C=O) groups excluding carboxylic acids is 1. The third kappa shape index (κ3) is 1.72. The standard InChI is InChI=1S/C11H10N4O4/c16-6-7-2-1-5-14(7)8-3-4-9(15(17)18)11-10(8)12-19-13-11/h3-4,6-7H,1-2,5H2/t7-/m1/s1. The normalized spacial score (nSPS) is 18.9. The fourth-order valence-corrected chi connectivity index (χ4v) is 2.45. The van der Waals surface area contributed by atoms with Gasteiger partial charge < -0.3 is 9.69 Å². The van der Waals surface area contributed by atoms with Crippen LogP contribution in [0, 0.1) is 10.1 Å². The Labute approximate surface area is 107 Å². The summed E-state index contributed by atoms with van der Waals surface area (Å²) < 4.78 is 4.61. The predicted molar refractivity (Wildman–Crippen MR) is 64.9 cm³/mol. The Hall–Kier alpha value is -2.51. The number of carbonyl (C=O) groups is 1. The minimum Gasteiger partial charge on any atom is -0.360 e. The van der Waals surface area contributed by atoms with Gasteiger partial charge in [-0.3, -0.25) is 10.1 Å². The van der Waals surface area contributed by atoms with Crippen molar-refractivity contribution in [2.45, 2.75) is 18.9 Å². The number of benzene rings is 1. The maximum absolute atomic E-state index is 11.0. The number of aromatic nitrogens is 2. The molecule has 2 heterocycles. The summed E-state index contributed by atoms with van der Waals surface area (Å²) in [5, 5.41) is 18.2. The molecule has 8 nitrogen and oxygen atoms in total. The lowest BCUT2D eigenvalue weighted by Gasteiger charge is -2.22. The molecule has 0 amide bonds. The quantitative estimate of drug-likeness (QED) is 0.466. The van der Waals surface area contributed by atoms with Crippen LogP contribution in [-0.4, -0.2) is 34.1 Å². The van der Waals surface area contributed by atoms with Crippen molar-refractivity contribution < 1.29 is 14.3 Å². The smallest absolute Gasteiger partial charge is 0.300 e. The first kappa shape index (κ1) is 11.6. The molecule has 8 heteroatoms. The molecular weight excluding hydrogens is 252 g/mol. The van der Waals surface area contributed by atoms with E-state index in [1.165, 1.54) is 6.07 Å². The molecule has 0 spiro atoms. The van der Waals surface area contributed by atoms with Gasteiger partial charge in [-0.15, -0.1) is 0 Å². The number of fused-ring (bicyclic) bond motifs is 1. The van der Waals surface area contributed by atoms with E-state index in [-0.39, 0.29) is 17.2 Å². The lowest BCUT2D eigenvalue weighted by Crippen LogP contribution is -2.30. The highest BCUT2D eigenvalue weighted by Gasteiger charge is 2.29. The zero-order valence-corrected chi connectivity index (χ0v) is 9.85. The number of aldehydes is 1. The van der Waals surface area contributed by atoms with Crippen molar-refractivity contribution in [3.63, 3.8) is 0 Å². The third-order valence-electron chi connectivity index (χ3n) is 3.34. The molecule has 1 aromatic carbocycles. The van der Waals surface area contributed by atoms with Gasteiger partial charge in [0.25, 0.3) is 0 Å². The molecule has 0 bridgehead atoms. The maximum Gasteiger partial charge on any atom is 0.300 e. The molecule has 0 saturated carbocycles. The van der Waals surface area contributed by atoms with Crippen LogP contribution in [0.2, 0.25) is 0 Å². The first-order chi connectivity index (χ1) is 9.22. The van der Waals surface area contributed by atoms with Crippen LogP contribution in [-0.2, 0) is 4.79 Å². The van der Waals surface area contributed by atoms with E-state index in [4.69, 9.17) is 0 Å². The van der Waals surface area contributed by atoms with Gasteiger partial charge in [-0.05, 0) is 29.2 Å². The molecular formula is C11H10N4O4. The van der Waals surface area contributed by atoms with Crippen molar-refractivity contribution in [3.05, 3.63) is 22.2 Å². The second-order valence-corrected chi connectivity index (χ2v) is 4.36. The monoisotopic (exact) mass is 262 g/mol. The minimum absolute atomic E-state index is 0.110. The van der Waals surface area contributed by atoms with E-state index in [1.807, 2.05) is 4.90 Å². The molecule has 0 aliphatic carbocycles. The molecule has 0 unspecified atom stereocenters. The van der Waals surface area contributed by atoms with Gasteiger partial charge in [0.15, 0.2) is 5.52 Å². The summed E-state index contributed by atoms with van der Waals surface area (Å²) in [6, 6.07) is 2.73. The molecule has 19 heavy (non-hydrogen) atoms. The first-order valence-corrected chi connectivity index (χ1v) is 5.84. The lowest BCUT2D eigenvalue weighted by atomic mass is 10.2. The first-order valence-electron chi connectivity index (χ1n) is 5.84. The summed E-state index contributed by atoms with van der Waals surface area (Å²) in [5.41, 5.74) is 0.931. The average molecular weight is 262 g/mol. The van der Waals surface area contributed by atoms with Gasteiger partial charge in [0.05, 0.1) is 16.7 Å². The predicted octanol–water partition coefficient (Wildman–Crippen LogP) is 1.30. The average Bonchev–Trinajstić information content (AvgIpc) is 3.05. The van der Waals surface area contributed by atoms with E-state index < -0.39 is 4.92 Å². The van der Waals surface area contributed by atoms with Crippen molar-refractivity contribution in [3.8, 4) is 0 Å². The number of non-ortho nitro benzene ring substituents is 1. The Kier molecular flexibility index (Phi) is 2.62. The van der Waals surface area contributed by atoms with Gasteiger partial charge >= 0.3 is 5.69 Å². The van der Waals surface area contributed by atoms with Crippen LogP contribution in [0.4, 0.5) is 11.4 Å². The molecule has 0 N–H and O–H groups in total. The molecule has 1 aliphatic rings. The highest BCUT2D eigenvalue weighted by molar-refractivity contribution is 5.94. The van der Waals surface area contributed by atoms with E-state index in [0.29, 0.717) is 17.7 Å². The van der Waals surface area contributed by atoms with Crippen LogP contribution < -0.4 is 4.90 Å². The van der Waals surface area contributed by atoms with E-state index >= 15 is 0 Å². The summed E-state index contributed by atoms with van der Waals surface area (Å²) in [4.78, 5) is 23.3. The molecule has 1 fully saturated rings. The van der Waals surface area contributed by atoms with Crippen molar-refractivity contribution in [2.75, 3.05) is 11.4 Å². The molecule has 1 aliphatic heterocycles. The van der Waals surface area contributed by atoms with Crippen LogP contribution in [0.5, 0.6) is 0 Å². The van der Waals surface area contributed by atoms with Gasteiger partial charge in [-0.2, -0.15) is 0 Å². The number of nitro benzene ring substituents is 1. The Morgan fingerprint density at radius 1 is 1.42 bits per heavy atom. The third-order valence-corrected chi connectivity index (χ3v) is 3.34. The van der Waals surface area contributed by atoms with Crippen LogP contribution in [0.1, 0.15) is 12.8 Å². The lowest BCUT2D eigenvalue weighted by molar-refractivity contribution is -0.383. The van der Waals surface area contributed by atoms with Gasteiger partial charge in [0.2, 0.25) is 5.52 Å².